The van der Waals surface area contributed by atoms with Crippen LogP contribution >= 0.6 is 11.5 Å². The molecule has 1 aromatic heterocycles. The zero-order chi connectivity index (χ0) is 25.5. The fourth-order valence-corrected chi connectivity index (χ4v) is 5.82. The maximum atomic E-state index is 14.4. The number of ether oxygens (including phenoxy) is 2. The van der Waals surface area contributed by atoms with Crippen LogP contribution in [0, 0.1) is 11.6 Å². The van der Waals surface area contributed by atoms with Crippen molar-refractivity contribution < 1.29 is 31.5 Å². The minimum atomic E-state index is -3.93. The van der Waals surface area contributed by atoms with E-state index in [1.54, 1.807) is 12.0 Å². The van der Waals surface area contributed by atoms with Crippen molar-refractivity contribution in [3.63, 3.8) is 0 Å². The molecule has 9 nitrogen and oxygen atoms in total. The first-order valence-corrected chi connectivity index (χ1v) is 13.9. The quantitative estimate of drug-likeness (QED) is 0.539. The van der Waals surface area contributed by atoms with Gasteiger partial charge in [0.25, 0.3) is 5.91 Å². The summed E-state index contributed by atoms with van der Waals surface area (Å²) < 4.78 is 67.1. The van der Waals surface area contributed by atoms with Crippen LogP contribution in [0.15, 0.2) is 17.0 Å². The number of hydrogen-bond donors (Lipinski definition) is 0. The highest BCUT2D eigenvalue weighted by Gasteiger charge is 2.39. The molecule has 0 N–H and O–H groups in total. The number of benzene rings is 1. The molecule has 2 aliphatic rings. The molecule has 0 saturated carbocycles. The maximum absolute atomic E-state index is 14.4. The number of likely N-dealkylation sites (tertiary alicyclic amines) is 1. The topological polar surface area (TPSA) is 102 Å². The molecule has 1 amide bonds. The van der Waals surface area contributed by atoms with Crippen molar-refractivity contribution in [3.05, 3.63) is 29.6 Å². The van der Waals surface area contributed by atoms with Crippen LogP contribution in [0.2, 0.25) is 0 Å². The Balaban J connectivity index is 1.37. The molecule has 0 spiro atoms. The number of methoxy groups -OCH3 is 1. The van der Waals surface area contributed by atoms with Crippen molar-refractivity contribution in [1.82, 2.24) is 14.3 Å². The minimum Gasteiger partial charge on any atom is -0.477 e. The van der Waals surface area contributed by atoms with Gasteiger partial charge in [0.15, 0.2) is 33.3 Å². The average Bonchev–Trinajstić information content (AvgIpc) is 3.44. The van der Waals surface area contributed by atoms with Gasteiger partial charge in [0.1, 0.15) is 16.3 Å². The minimum absolute atomic E-state index is 0.00403. The number of sulfone groups is 1. The van der Waals surface area contributed by atoms with Gasteiger partial charge in [-0.05, 0) is 32.8 Å². The van der Waals surface area contributed by atoms with Crippen LogP contribution in [0.1, 0.15) is 38.9 Å². The predicted octanol–water partition coefficient (Wildman–Crippen LogP) is 2.75. The van der Waals surface area contributed by atoms with E-state index >= 15 is 0 Å². The molecule has 0 bridgehead atoms. The van der Waals surface area contributed by atoms with Gasteiger partial charge in [-0.2, -0.15) is 4.37 Å². The number of piperidine rings is 1. The number of aromatic nitrogens is 2. The molecule has 13 heteroatoms. The number of anilines is 1. The highest BCUT2D eigenvalue weighted by atomic mass is 32.2. The molecule has 1 aromatic carbocycles. The normalized spacial score (nSPS) is 20.1. The number of carbonyl (C=O) groups is 1. The van der Waals surface area contributed by atoms with E-state index in [9.17, 15) is 22.0 Å². The predicted molar refractivity (Wildman–Crippen MR) is 125 cm³/mol. The summed E-state index contributed by atoms with van der Waals surface area (Å²) in [7, 11) is -2.31. The Kier molecular flexibility index (Phi) is 7.04. The fourth-order valence-electron chi connectivity index (χ4n) is 4.23. The van der Waals surface area contributed by atoms with E-state index in [4.69, 9.17) is 9.47 Å². The van der Waals surface area contributed by atoms with Gasteiger partial charge in [-0.1, -0.05) is 0 Å². The van der Waals surface area contributed by atoms with Crippen LogP contribution in [0.3, 0.4) is 0 Å². The van der Waals surface area contributed by atoms with E-state index in [1.807, 2.05) is 13.8 Å². The summed E-state index contributed by atoms with van der Waals surface area (Å²) in [4.78, 5) is 20.7. The van der Waals surface area contributed by atoms with Crippen LogP contribution in [0.5, 0.6) is 5.75 Å². The fraction of sp³-hybridized carbons (Fsp3) is 0.591. The zero-order valence-corrected chi connectivity index (χ0v) is 21.6. The van der Waals surface area contributed by atoms with Crippen molar-refractivity contribution in [1.29, 1.82) is 0 Å². The van der Waals surface area contributed by atoms with Crippen LogP contribution in [0.4, 0.5) is 13.9 Å². The summed E-state index contributed by atoms with van der Waals surface area (Å²) in [5.41, 5.74) is -0.572. The lowest BCUT2D eigenvalue weighted by molar-refractivity contribution is -0.135. The average molecular weight is 531 g/mol. The molecular formula is C22H28F2N4O5S2. The number of amides is 1. The Labute approximate surface area is 207 Å². The Morgan fingerprint density at radius 3 is 2.43 bits per heavy atom. The van der Waals surface area contributed by atoms with E-state index in [0.29, 0.717) is 44.0 Å². The number of rotatable bonds is 7. The Hall–Kier alpha value is -2.38. The van der Waals surface area contributed by atoms with Crippen molar-refractivity contribution in [2.24, 2.45) is 0 Å². The van der Waals surface area contributed by atoms with Crippen LogP contribution in [-0.4, -0.2) is 73.7 Å². The zero-order valence-electron chi connectivity index (χ0n) is 20.0. The van der Waals surface area contributed by atoms with Gasteiger partial charge in [-0.15, -0.1) is 0 Å². The third kappa shape index (κ3) is 5.26. The summed E-state index contributed by atoms with van der Waals surface area (Å²) in [5, 5.41) is 0.813. The first kappa shape index (κ1) is 25.7. The van der Waals surface area contributed by atoms with Gasteiger partial charge in [-0.3, -0.25) is 4.79 Å². The number of halogens is 2. The standard InChI is InChI=1S/C22H28F2N4O5S2/c1-22(2,32-3)20-25-21(34-26-20)27-8-5-13(6-9-27)28-10-7-16(19(28)29)33-17-11-15(24)18(12-14(17)23)35(4,30)31/h11-13,16H,5-10H2,1-4H3. The van der Waals surface area contributed by atoms with Crippen molar-refractivity contribution in [2.45, 2.75) is 55.8 Å². The van der Waals surface area contributed by atoms with Gasteiger partial charge in [0.2, 0.25) is 5.13 Å². The van der Waals surface area contributed by atoms with Crippen molar-refractivity contribution in [2.75, 3.05) is 37.9 Å². The summed E-state index contributed by atoms with van der Waals surface area (Å²) in [5.74, 6) is -2.27. The number of carbonyl (C=O) groups excluding carboxylic acids is 1. The smallest absolute Gasteiger partial charge is 0.263 e. The van der Waals surface area contributed by atoms with Gasteiger partial charge in [-0.25, -0.2) is 22.2 Å². The third-order valence-electron chi connectivity index (χ3n) is 6.49. The summed E-state index contributed by atoms with van der Waals surface area (Å²) in [6.07, 6.45) is 1.63. The molecule has 1 unspecified atom stereocenters. The second kappa shape index (κ2) is 9.58. The van der Waals surface area contributed by atoms with Crippen molar-refractivity contribution in [3.8, 4) is 5.75 Å². The SMILES string of the molecule is COC(C)(C)c1nsc(N2CCC(N3CCC(Oc4cc(F)c(S(C)(=O)=O)cc4F)C3=O)CC2)n1. The lowest BCUT2D eigenvalue weighted by atomic mass is 10.0. The van der Waals surface area contributed by atoms with Crippen LogP contribution in [0.25, 0.3) is 0 Å². The molecule has 2 saturated heterocycles. The van der Waals surface area contributed by atoms with Gasteiger partial charge >= 0.3 is 0 Å². The molecule has 2 aromatic rings. The summed E-state index contributed by atoms with van der Waals surface area (Å²) >= 11 is 1.32. The second-order valence-electron chi connectivity index (χ2n) is 9.25. The van der Waals surface area contributed by atoms with Crippen molar-refractivity contribution >= 4 is 32.4 Å². The van der Waals surface area contributed by atoms with E-state index < -0.39 is 43.8 Å². The Bertz CT molecular complexity index is 1210. The molecule has 2 aliphatic heterocycles. The highest BCUT2D eigenvalue weighted by Crippen LogP contribution is 2.32. The monoisotopic (exact) mass is 530 g/mol. The first-order valence-electron chi connectivity index (χ1n) is 11.2. The summed E-state index contributed by atoms with van der Waals surface area (Å²) in [6.45, 7) is 5.67. The highest BCUT2D eigenvalue weighted by molar-refractivity contribution is 7.90. The largest absolute Gasteiger partial charge is 0.477 e. The molecule has 2 fully saturated rings. The van der Waals surface area contributed by atoms with Crippen LogP contribution in [-0.2, 0) is 25.0 Å². The third-order valence-corrected chi connectivity index (χ3v) is 8.37. The lowest BCUT2D eigenvalue weighted by Gasteiger charge is -2.36. The summed E-state index contributed by atoms with van der Waals surface area (Å²) in [6, 6.07) is 1.27. The molecule has 192 valence electrons. The maximum Gasteiger partial charge on any atom is 0.263 e. The van der Waals surface area contributed by atoms with E-state index in [0.717, 1.165) is 24.2 Å². The molecule has 4 rings (SSSR count). The van der Waals surface area contributed by atoms with Gasteiger partial charge in [0, 0.05) is 63.1 Å². The number of hydrogen-bond acceptors (Lipinski definition) is 9. The Morgan fingerprint density at radius 2 is 1.80 bits per heavy atom. The molecule has 35 heavy (non-hydrogen) atoms. The number of nitrogens with zero attached hydrogens (tertiary/aromatic N) is 4. The molecule has 1 atom stereocenters. The van der Waals surface area contributed by atoms with E-state index in [-0.39, 0.29) is 11.9 Å². The van der Waals surface area contributed by atoms with Gasteiger partial charge < -0.3 is 19.3 Å². The molecule has 0 radical (unpaired) electrons. The molecule has 0 aliphatic carbocycles. The first-order chi connectivity index (χ1) is 16.4. The van der Waals surface area contributed by atoms with E-state index in [1.165, 1.54) is 11.5 Å². The second-order valence-corrected chi connectivity index (χ2v) is 12.0. The lowest BCUT2D eigenvalue weighted by Crippen LogP contribution is -2.47. The van der Waals surface area contributed by atoms with E-state index in [2.05, 4.69) is 14.3 Å². The Morgan fingerprint density at radius 1 is 1.11 bits per heavy atom. The molecular weight excluding hydrogens is 502 g/mol. The van der Waals surface area contributed by atoms with Gasteiger partial charge in [0.05, 0.1) is 0 Å². The van der Waals surface area contributed by atoms with Crippen LogP contribution < -0.4 is 9.64 Å². The molecule has 3 heterocycles.